The average molecular weight is 300 g/mol. The Bertz CT molecular complexity index is 637. The smallest absolute Gasteiger partial charge is 0.254 e. The quantitative estimate of drug-likeness (QED) is 0.908. The predicted octanol–water partition coefficient (Wildman–Crippen LogP) is 2.28. The Morgan fingerprint density at radius 3 is 2.82 bits per heavy atom. The van der Waals surface area contributed by atoms with E-state index in [1.807, 2.05) is 0 Å². The van der Waals surface area contributed by atoms with Gasteiger partial charge in [-0.3, -0.25) is 9.89 Å². The van der Waals surface area contributed by atoms with Gasteiger partial charge < -0.3 is 14.6 Å². The summed E-state index contributed by atoms with van der Waals surface area (Å²) in [7, 11) is 0. The monoisotopic (exact) mass is 300 g/mol. The molecule has 2 N–H and O–H groups in total. The van der Waals surface area contributed by atoms with E-state index in [9.17, 15) is 4.79 Å². The normalized spacial score (nSPS) is 19.4. The molecule has 1 saturated heterocycles. The number of piperidine rings is 1. The molecule has 1 amide bonds. The summed E-state index contributed by atoms with van der Waals surface area (Å²) in [6, 6.07) is 4.09. The first-order valence-corrected chi connectivity index (χ1v) is 7.93. The van der Waals surface area contributed by atoms with Gasteiger partial charge in [-0.15, -0.1) is 0 Å². The van der Waals surface area contributed by atoms with Gasteiger partial charge in [0.05, 0.1) is 11.8 Å². The summed E-state index contributed by atoms with van der Waals surface area (Å²) >= 11 is 0. The fourth-order valence-electron chi connectivity index (χ4n) is 3.01. The number of hydrogen-bond donors (Lipinski definition) is 2. The van der Waals surface area contributed by atoms with E-state index in [2.05, 4.69) is 26.5 Å². The number of aromatic nitrogens is 2. The number of rotatable bonds is 4. The molecule has 0 radical (unpaired) electrons. The zero-order chi connectivity index (χ0) is 14.9. The van der Waals surface area contributed by atoms with Crippen LogP contribution < -0.4 is 10.2 Å². The molecule has 116 valence electrons. The maximum absolute atomic E-state index is 12.0. The van der Waals surface area contributed by atoms with Crippen LogP contribution in [0.2, 0.25) is 0 Å². The molecule has 3 heterocycles. The van der Waals surface area contributed by atoms with Gasteiger partial charge in [0.15, 0.2) is 5.82 Å². The molecule has 0 aromatic carbocycles. The van der Waals surface area contributed by atoms with Crippen LogP contribution in [0.1, 0.15) is 47.7 Å². The Morgan fingerprint density at radius 1 is 1.32 bits per heavy atom. The van der Waals surface area contributed by atoms with E-state index >= 15 is 0 Å². The Morgan fingerprint density at radius 2 is 2.14 bits per heavy atom. The molecule has 2 aliphatic rings. The zero-order valence-corrected chi connectivity index (χ0v) is 12.4. The van der Waals surface area contributed by atoms with E-state index in [0.717, 1.165) is 31.7 Å². The van der Waals surface area contributed by atoms with Crippen LogP contribution in [-0.2, 0) is 0 Å². The minimum absolute atomic E-state index is 0.0528. The van der Waals surface area contributed by atoms with Crippen molar-refractivity contribution >= 4 is 11.7 Å². The van der Waals surface area contributed by atoms with Crippen molar-refractivity contribution in [2.24, 2.45) is 0 Å². The summed E-state index contributed by atoms with van der Waals surface area (Å²) in [6.07, 6.45) is 7.44. The lowest BCUT2D eigenvalue weighted by Crippen LogP contribution is -2.44. The molecular formula is C16H20N4O2. The molecular weight excluding hydrogens is 280 g/mol. The molecule has 0 bridgehead atoms. The second kappa shape index (κ2) is 5.51. The third kappa shape index (κ3) is 2.73. The maximum Gasteiger partial charge on any atom is 0.254 e. The van der Waals surface area contributed by atoms with Gasteiger partial charge in [-0.25, -0.2) is 0 Å². The first-order valence-electron chi connectivity index (χ1n) is 7.93. The largest absolute Gasteiger partial charge is 0.472 e. The highest BCUT2D eigenvalue weighted by Crippen LogP contribution is 2.40. The van der Waals surface area contributed by atoms with Crippen molar-refractivity contribution in [2.45, 2.75) is 37.6 Å². The van der Waals surface area contributed by atoms with Crippen molar-refractivity contribution in [1.82, 2.24) is 15.5 Å². The van der Waals surface area contributed by atoms with Crippen LogP contribution in [0.5, 0.6) is 0 Å². The number of carbonyl (C=O) groups excluding carboxylic acids is 1. The highest BCUT2D eigenvalue weighted by atomic mass is 16.3. The number of anilines is 1. The van der Waals surface area contributed by atoms with Crippen molar-refractivity contribution < 1.29 is 9.21 Å². The minimum atomic E-state index is -0.0528. The van der Waals surface area contributed by atoms with E-state index < -0.39 is 0 Å². The van der Waals surface area contributed by atoms with Gasteiger partial charge in [-0.2, -0.15) is 5.10 Å². The Kier molecular flexibility index (Phi) is 3.36. The molecule has 22 heavy (non-hydrogen) atoms. The lowest BCUT2D eigenvalue weighted by atomic mass is 10.0. The van der Waals surface area contributed by atoms with Crippen molar-refractivity contribution in [3.8, 4) is 0 Å². The van der Waals surface area contributed by atoms with E-state index in [1.54, 1.807) is 6.07 Å². The molecule has 2 fully saturated rings. The molecule has 0 atom stereocenters. The van der Waals surface area contributed by atoms with E-state index in [4.69, 9.17) is 4.42 Å². The first-order chi connectivity index (χ1) is 10.8. The molecule has 6 nitrogen and oxygen atoms in total. The van der Waals surface area contributed by atoms with Gasteiger partial charge in [0.2, 0.25) is 0 Å². The van der Waals surface area contributed by atoms with Gasteiger partial charge in [-0.05, 0) is 31.7 Å². The SMILES string of the molecule is O=C(NC1CCN(c2cc(C3CC3)[nH]n2)CC1)c1ccoc1. The molecule has 2 aromatic heterocycles. The molecule has 1 aliphatic heterocycles. The number of furan rings is 1. The lowest BCUT2D eigenvalue weighted by Gasteiger charge is -2.32. The van der Waals surface area contributed by atoms with Gasteiger partial charge in [0.25, 0.3) is 5.91 Å². The van der Waals surface area contributed by atoms with Crippen molar-refractivity contribution in [1.29, 1.82) is 0 Å². The molecule has 1 aliphatic carbocycles. The van der Waals surface area contributed by atoms with Gasteiger partial charge in [0, 0.05) is 36.8 Å². The summed E-state index contributed by atoms with van der Waals surface area (Å²) < 4.78 is 4.95. The summed E-state index contributed by atoms with van der Waals surface area (Å²) in [5.41, 5.74) is 1.86. The van der Waals surface area contributed by atoms with Gasteiger partial charge >= 0.3 is 0 Å². The zero-order valence-electron chi connectivity index (χ0n) is 12.4. The topological polar surface area (TPSA) is 74.2 Å². The van der Waals surface area contributed by atoms with Crippen molar-refractivity contribution in [2.75, 3.05) is 18.0 Å². The number of nitrogens with zero attached hydrogens (tertiary/aromatic N) is 2. The maximum atomic E-state index is 12.0. The fraction of sp³-hybridized carbons (Fsp3) is 0.500. The molecule has 0 unspecified atom stereocenters. The standard InChI is InChI=1S/C16H20N4O2/c21-16(12-5-8-22-10-12)17-13-3-6-20(7-4-13)15-9-14(18-19-15)11-1-2-11/h5,8-11,13H,1-4,6-7H2,(H,17,21)(H,18,19). The van der Waals surface area contributed by atoms with Crippen LogP contribution in [0.4, 0.5) is 5.82 Å². The number of aromatic amines is 1. The van der Waals surface area contributed by atoms with E-state index in [1.165, 1.54) is 31.1 Å². The molecule has 2 aromatic rings. The highest BCUT2D eigenvalue weighted by Gasteiger charge is 2.27. The number of hydrogen-bond acceptors (Lipinski definition) is 4. The fourth-order valence-corrected chi connectivity index (χ4v) is 3.01. The van der Waals surface area contributed by atoms with Crippen LogP contribution in [0, 0.1) is 0 Å². The van der Waals surface area contributed by atoms with Crippen LogP contribution >= 0.6 is 0 Å². The first kappa shape index (κ1) is 13.4. The Balaban J connectivity index is 1.31. The number of H-pyrrole nitrogens is 1. The summed E-state index contributed by atoms with van der Waals surface area (Å²) in [6.45, 7) is 1.84. The molecule has 4 rings (SSSR count). The van der Waals surface area contributed by atoms with Crippen LogP contribution in [0.3, 0.4) is 0 Å². The molecule has 1 saturated carbocycles. The van der Waals surface area contributed by atoms with Crippen LogP contribution in [0.15, 0.2) is 29.1 Å². The number of nitrogens with one attached hydrogen (secondary N) is 2. The van der Waals surface area contributed by atoms with E-state index in [0.29, 0.717) is 11.5 Å². The lowest BCUT2D eigenvalue weighted by molar-refractivity contribution is 0.0930. The number of amides is 1. The van der Waals surface area contributed by atoms with Crippen LogP contribution in [0.25, 0.3) is 0 Å². The van der Waals surface area contributed by atoms with Gasteiger partial charge in [0.1, 0.15) is 6.26 Å². The second-order valence-corrected chi connectivity index (χ2v) is 6.20. The van der Waals surface area contributed by atoms with E-state index in [-0.39, 0.29) is 11.9 Å². The highest BCUT2D eigenvalue weighted by molar-refractivity contribution is 5.93. The minimum Gasteiger partial charge on any atom is -0.472 e. The summed E-state index contributed by atoms with van der Waals surface area (Å²) in [4.78, 5) is 14.3. The third-order valence-corrected chi connectivity index (χ3v) is 4.54. The third-order valence-electron chi connectivity index (χ3n) is 4.54. The Labute approximate surface area is 128 Å². The summed E-state index contributed by atoms with van der Waals surface area (Å²) in [5, 5.41) is 10.7. The average Bonchev–Trinajstić information content (AvgIpc) is 3.05. The summed E-state index contributed by atoms with van der Waals surface area (Å²) in [5.74, 6) is 1.69. The molecule has 0 spiro atoms. The second-order valence-electron chi connectivity index (χ2n) is 6.20. The van der Waals surface area contributed by atoms with Crippen molar-refractivity contribution in [3.63, 3.8) is 0 Å². The van der Waals surface area contributed by atoms with Gasteiger partial charge in [-0.1, -0.05) is 0 Å². The number of carbonyl (C=O) groups is 1. The predicted molar refractivity (Wildman–Crippen MR) is 82.0 cm³/mol. The Hall–Kier alpha value is -2.24. The van der Waals surface area contributed by atoms with Crippen molar-refractivity contribution in [3.05, 3.63) is 35.9 Å². The molecule has 6 heteroatoms. The van der Waals surface area contributed by atoms with Crippen LogP contribution in [-0.4, -0.2) is 35.2 Å².